The van der Waals surface area contributed by atoms with Crippen LogP contribution in [-0.2, 0) is 16.1 Å². The molecule has 8 nitrogen and oxygen atoms in total. The van der Waals surface area contributed by atoms with E-state index in [-0.39, 0.29) is 42.8 Å². The Hall–Kier alpha value is -1.90. The van der Waals surface area contributed by atoms with Crippen LogP contribution in [0.4, 0.5) is 5.69 Å². The van der Waals surface area contributed by atoms with Crippen molar-refractivity contribution in [3.8, 4) is 5.75 Å². The molecule has 1 amide bonds. The number of phenols is 1. The van der Waals surface area contributed by atoms with Crippen LogP contribution in [0.1, 0.15) is 5.56 Å². The Bertz CT molecular complexity index is 534. The number of non-ortho nitro benzene ring substituents is 1. The summed E-state index contributed by atoms with van der Waals surface area (Å²) >= 11 is 0. The molecule has 122 valence electrons. The van der Waals surface area contributed by atoms with Crippen molar-refractivity contribution in [1.29, 1.82) is 0 Å². The molecule has 2 rings (SSSR count). The Morgan fingerprint density at radius 1 is 1.41 bits per heavy atom. The first-order chi connectivity index (χ1) is 10.1. The molecule has 22 heavy (non-hydrogen) atoms. The minimum Gasteiger partial charge on any atom is -1.00 e. The van der Waals surface area contributed by atoms with Crippen molar-refractivity contribution in [1.82, 2.24) is 10.2 Å². The Balaban J connectivity index is 0.00000242. The van der Waals surface area contributed by atoms with Gasteiger partial charge in [0.05, 0.1) is 24.7 Å². The zero-order valence-electron chi connectivity index (χ0n) is 11.8. The van der Waals surface area contributed by atoms with Gasteiger partial charge in [-0.05, 0) is 6.07 Å². The first kappa shape index (κ1) is 18.1. The van der Waals surface area contributed by atoms with Crippen LogP contribution < -0.4 is 17.7 Å². The second-order valence-electron chi connectivity index (χ2n) is 4.74. The number of nitrogens with zero attached hydrogens (tertiary/aromatic N) is 2. The molecule has 1 aliphatic heterocycles. The van der Waals surface area contributed by atoms with E-state index >= 15 is 0 Å². The van der Waals surface area contributed by atoms with E-state index in [1.165, 1.54) is 18.2 Å². The summed E-state index contributed by atoms with van der Waals surface area (Å²) in [5, 5.41) is 23.0. The number of carbonyl (C=O) groups excluding carboxylic acids is 1. The zero-order chi connectivity index (χ0) is 15.2. The highest BCUT2D eigenvalue weighted by Gasteiger charge is 2.15. The molecular formula is C13H17ClN3O5-. The maximum Gasteiger partial charge on any atom is 0.270 e. The molecule has 1 aromatic rings. The van der Waals surface area contributed by atoms with E-state index in [1.807, 2.05) is 4.90 Å². The highest BCUT2D eigenvalue weighted by atomic mass is 35.5. The van der Waals surface area contributed by atoms with E-state index < -0.39 is 4.92 Å². The summed E-state index contributed by atoms with van der Waals surface area (Å²) in [6.07, 6.45) is 0. The van der Waals surface area contributed by atoms with Gasteiger partial charge in [0.1, 0.15) is 5.75 Å². The van der Waals surface area contributed by atoms with Crippen molar-refractivity contribution in [2.24, 2.45) is 0 Å². The number of nitrogens with one attached hydrogen (secondary N) is 1. The highest BCUT2D eigenvalue weighted by molar-refractivity contribution is 5.78. The maximum absolute atomic E-state index is 11.8. The SMILES string of the molecule is O=C(CN1CCOCC1)NCc1cc([N+](=O)[O-])ccc1O.[Cl-]. The standard InChI is InChI=1S/C13H17N3O5.ClH/c17-12-2-1-11(16(19)20)7-10(12)8-14-13(18)9-15-3-5-21-6-4-15;/h1-2,7,17H,3-6,8-9H2,(H,14,18);1H/p-1. The number of rotatable bonds is 5. The lowest BCUT2D eigenvalue weighted by molar-refractivity contribution is -0.384. The number of aromatic hydroxyl groups is 1. The second kappa shape index (κ2) is 8.52. The van der Waals surface area contributed by atoms with Crippen molar-refractivity contribution in [3.63, 3.8) is 0 Å². The number of carbonyl (C=O) groups is 1. The van der Waals surface area contributed by atoms with E-state index in [0.29, 0.717) is 31.9 Å². The van der Waals surface area contributed by atoms with Gasteiger partial charge in [-0.1, -0.05) is 0 Å². The molecule has 2 N–H and O–H groups in total. The van der Waals surface area contributed by atoms with E-state index in [4.69, 9.17) is 4.74 Å². The van der Waals surface area contributed by atoms with Crippen molar-refractivity contribution in [2.75, 3.05) is 32.8 Å². The van der Waals surface area contributed by atoms with Gasteiger partial charge in [-0.3, -0.25) is 19.8 Å². The van der Waals surface area contributed by atoms with Gasteiger partial charge in [0, 0.05) is 37.3 Å². The lowest BCUT2D eigenvalue weighted by atomic mass is 10.1. The van der Waals surface area contributed by atoms with Crippen molar-refractivity contribution < 1.29 is 32.0 Å². The highest BCUT2D eigenvalue weighted by Crippen LogP contribution is 2.22. The van der Waals surface area contributed by atoms with Crippen LogP contribution >= 0.6 is 0 Å². The fourth-order valence-electron chi connectivity index (χ4n) is 2.04. The van der Waals surface area contributed by atoms with E-state index in [9.17, 15) is 20.0 Å². The number of nitro groups is 1. The van der Waals surface area contributed by atoms with Gasteiger partial charge in [0.25, 0.3) is 5.69 Å². The molecule has 0 aliphatic carbocycles. The summed E-state index contributed by atoms with van der Waals surface area (Å²) in [5.74, 6) is -0.268. The summed E-state index contributed by atoms with van der Waals surface area (Å²) in [7, 11) is 0. The topological polar surface area (TPSA) is 105 Å². The summed E-state index contributed by atoms with van der Waals surface area (Å²) < 4.78 is 5.19. The number of nitro benzene ring substituents is 1. The lowest BCUT2D eigenvalue weighted by Gasteiger charge is -2.25. The number of morpholine rings is 1. The largest absolute Gasteiger partial charge is 1.00 e. The molecule has 0 unspecified atom stereocenters. The molecule has 1 saturated heterocycles. The minimum atomic E-state index is -0.543. The molecule has 1 aliphatic rings. The van der Waals surface area contributed by atoms with E-state index in [1.54, 1.807) is 0 Å². The average Bonchev–Trinajstić information content (AvgIpc) is 2.47. The lowest BCUT2D eigenvalue weighted by Crippen LogP contribution is -3.00. The molecule has 1 fully saturated rings. The molecule has 0 bridgehead atoms. The van der Waals surface area contributed by atoms with Crippen LogP contribution in [0, 0.1) is 10.1 Å². The van der Waals surface area contributed by atoms with Crippen LogP contribution in [0.3, 0.4) is 0 Å². The number of phenolic OH excluding ortho intramolecular Hbond substituents is 1. The van der Waals surface area contributed by atoms with Crippen LogP contribution in [0.2, 0.25) is 0 Å². The Morgan fingerprint density at radius 3 is 2.73 bits per heavy atom. The van der Waals surface area contributed by atoms with E-state index in [0.717, 1.165) is 0 Å². The second-order valence-corrected chi connectivity index (χ2v) is 4.74. The van der Waals surface area contributed by atoms with Gasteiger partial charge < -0.3 is 27.6 Å². The number of benzene rings is 1. The van der Waals surface area contributed by atoms with Crippen LogP contribution in [0.25, 0.3) is 0 Å². The molecular weight excluding hydrogens is 314 g/mol. The van der Waals surface area contributed by atoms with Gasteiger partial charge in [-0.15, -0.1) is 0 Å². The Kier molecular flexibility index (Phi) is 7.03. The number of hydrogen-bond acceptors (Lipinski definition) is 6. The van der Waals surface area contributed by atoms with Gasteiger partial charge in [0.2, 0.25) is 5.91 Å². The van der Waals surface area contributed by atoms with Gasteiger partial charge in [-0.2, -0.15) is 0 Å². The van der Waals surface area contributed by atoms with Crippen LogP contribution in [0.15, 0.2) is 18.2 Å². The Morgan fingerprint density at radius 2 is 2.09 bits per heavy atom. The third-order valence-corrected chi connectivity index (χ3v) is 3.22. The molecule has 0 radical (unpaired) electrons. The maximum atomic E-state index is 11.8. The summed E-state index contributed by atoms with van der Waals surface area (Å²) in [5.41, 5.74) is 0.199. The summed E-state index contributed by atoms with van der Waals surface area (Å²) in [4.78, 5) is 23.9. The normalized spacial score (nSPS) is 14.9. The predicted octanol–water partition coefficient (Wildman–Crippen LogP) is -2.75. The third kappa shape index (κ3) is 5.14. The Labute approximate surface area is 133 Å². The molecule has 0 aromatic heterocycles. The molecule has 0 spiro atoms. The molecule has 9 heteroatoms. The third-order valence-electron chi connectivity index (χ3n) is 3.22. The van der Waals surface area contributed by atoms with Crippen LogP contribution in [-0.4, -0.2) is 53.7 Å². The number of amides is 1. The summed E-state index contributed by atoms with van der Waals surface area (Å²) in [6, 6.07) is 3.72. The number of halogens is 1. The number of ether oxygens (including phenoxy) is 1. The number of hydrogen-bond donors (Lipinski definition) is 2. The first-order valence-electron chi connectivity index (χ1n) is 6.59. The molecule has 0 saturated carbocycles. The first-order valence-corrected chi connectivity index (χ1v) is 6.59. The van der Waals surface area contributed by atoms with Crippen molar-refractivity contribution >= 4 is 11.6 Å². The zero-order valence-corrected chi connectivity index (χ0v) is 12.6. The molecule has 1 heterocycles. The monoisotopic (exact) mass is 330 g/mol. The van der Waals surface area contributed by atoms with Gasteiger partial charge in [-0.25, -0.2) is 0 Å². The molecule has 0 atom stereocenters. The fourth-order valence-corrected chi connectivity index (χ4v) is 2.04. The summed E-state index contributed by atoms with van der Waals surface area (Å²) in [6.45, 7) is 2.93. The quantitative estimate of drug-likeness (QED) is 0.448. The van der Waals surface area contributed by atoms with Crippen LogP contribution in [0.5, 0.6) is 5.75 Å². The van der Waals surface area contributed by atoms with Gasteiger partial charge >= 0.3 is 0 Å². The average molecular weight is 331 g/mol. The smallest absolute Gasteiger partial charge is 0.270 e. The van der Waals surface area contributed by atoms with Crippen molar-refractivity contribution in [3.05, 3.63) is 33.9 Å². The fraction of sp³-hybridized carbons (Fsp3) is 0.462. The predicted molar refractivity (Wildman–Crippen MR) is 73.9 cm³/mol. The van der Waals surface area contributed by atoms with E-state index in [2.05, 4.69) is 5.32 Å². The van der Waals surface area contributed by atoms with Crippen molar-refractivity contribution in [2.45, 2.75) is 6.54 Å². The van der Waals surface area contributed by atoms with Gasteiger partial charge in [0.15, 0.2) is 0 Å². The minimum absolute atomic E-state index is 0. The molecule has 1 aromatic carbocycles.